The average molecular weight is 392 g/mol. The Hall–Kier alpha value is -2.93. The summed E-state index contributed by atoms with van der Waals surface area (Å²) in [7, 11) is 0. The number of aromatic nitrogens is 4. The topological polar surface area (TPSA) is 62.1 Å². The Balaban J connectivity index is 1.35. The number of aryl methyl sites for hydroxylation is 1. The highest BCUT2D eigenvalue weighted by molar-refractivity contribution is 5.49. The molecule has 3 aromatic heterocycles. The summed E-state index contributed by atoms with van der Waals surface area (Å²) < 4.78 is 2.18. The first kappa shape index (κ1) is 19.4. The van der Waals surface area contributed by atoms with E-state index in [0.29, 0.717) is 6.04 Å². The van der Waals surface area contributed by atoms with Crippen LogP contribution in [0.1, 0.15) is 18.3 Å². The maximum absolute atomic E-state index is 4.70. The monoisotopic (exact) mass is 391 g/mol. The van der Waals surface area contributed by atoms with E-state index in [-0.39, 0.29) is 0 Å². The molecular weight excluding hydrogens is 362 g/mol. The van der Waals surface area contributed by atoms with Gasteiger partial charge in [0.15, 0.2) is 0 Å². The molecule has 0 spiro atoms. The molecule has 1 aliphatic rings. The molecule has 4 rings (SSSR count). The van der Waals surface area contributed by atoms with Gasteiger partial charge in [0.1, 0.15) is 17.5 Å². The molecule has 0 bridgehead atoms. The van der Waals surface area contributed by atoms with E-state index in [9.17, 15) is 0 Å². The van der Waals surface area contributed by atoms with Crippen molar-refractivity contribution in [3.8, 4) is 0 Å². The van der Waals surface area contributed by atoms with Crippen molar-refractivity contribution >= 4 is 11.6 Å². The van der Waals surface area contributed by atoms with Crippen molar-refractivity contribution in [2.75, 3.05) is 36.0 Å². The van der Waals surface area contributed by atoms with Crippen LogP contribution in [-0.2, 0) is 13.1 Å². The van der Waals surface area contributed by atoms with Crippen LogP contribution in [0, 0.1) is 6.92 Å². The summed E-state index contributed by atoms with van der Waals surface area (Å²) in [4.78, 5) is 18.2. The highest BCUT2D eigenvalue weighted by atomic mass is 15.3. The minimum Gasteiger partial charge on any atom is -0.353 e. The van der Waals surface area contributed by atoms with E-state index >= 15 is 0 Å². The molecule has 152 valence electrons. The Morgan fingerprint density at radius 3 is 2.45 bits per heavy atom. The molecule has 7 heteroatoms. The van der Waals surface area contributed by atoms with Crippen molar-refractivity contribution in [3.05, 3.63) is 66.5 Å². The summed E-state index contributed by atoms with van der Waals surface area (Å²) in [6.45, 7) is 9.77. The van der Waals surface area contributed by atoms with Gasteiger partial charge in [0.25, 0.3) is 0 Å². The lowest BCUT2D eigenvalue weighted by molar-refractivity contribution is 0.470. The van der Waals surface area contributed by atoms with Crippen molar-refractivity contribution in [1.29, 1.82) is 0 Å². The zero-order chi connectivity index (χ0) is 20.1. The van der Waals surface area contributed by atoms with Crippen LogP contribution in [0.3, 0.4) is 0 Å². The van der Waals surface area contributed by atoms with Gasteiger partial charge in [-0.2, -0.15) is 0 Å². The third-order valence-corrected chi connectivity index (χ3v) is 5.46. The van der Waals surface area contributed by atoms with Gasteiger partial charge in [0, 0.05) is 75.7 Å². The van der Waals surface area contributed by atoms with Crippen molar-refractivity contribution in [3.63, 3.8) is 0 Å². The first-order valence-electron chi connectivity index (χ1n) is 10.3. The Morgan fingerprint density at radius 1 is 0.931 bits per heavy atom. The van der Waals surface area contributed by atoms with Gasteiger partial charge in [0.2, 0.25) is 0 Å². The SMILES string of the molecule is Cc1nccn1C[C@@H](C)NCc1cccnc1N1CCN(c2ccccn2)CC1. The van der Waals surface area contributed by atoms with E-state index in [1.165, 1.54) is 5.56 Å². The maximum atomic E-state index is 4.70. The predicted molar refractivity (Wildman–Crippen MR) is 116 cm³/mol. The second-order valence-corrected chi connectivity index (χ2v) is 7.56. The average Bonchev–Trinajstić information content (AvgIpc) is 3.17. The third-order valence-electron chi connectivity index (χ3n) is 5.46. The van der Waals surface area contributed by atoms with Gasteiger partial charge in [-0.25, -0.2) is 15.0 Å². The van der Waals surface area contributed by atoms with Crippen LogP contribution in [0.25, 0.3) is 0 Å². The number of nitrogens with zero attached hydrogens (tertiary/aromatic N) is 6. The molecule has 1 fully saturated rings. The van der Waals surface area contributed by atoms with Crippen molar-refractivity contribution < 1.29 is 0 Å². The quantitative estimate of drug-likeness (QED) is 0.668. The second kappa shape index (κ2) is 9.05. The van der Waals surface area contributed by atoms with Crippen LogP contribution < -0.4 is 15.1 Å². The fraction of sp³-hybridized carbons (Fsp3) is 0.409. The number of piperazine rings is 1. The lowest BCUT2D eigenvalue weighted by Gasteiger charge is -2.36. The van der Waals surface area contributed by atoms with E-state index in [0.717, 1.165) is 56.7 Å². The van der Waals surface area contributed by atoms with Gasteiger partial charge in [-0.1, -0.05) is 12.1 Å². The van der Waals surface area contributed by atoms with Crippen molar-refractivity contribution in [2.45, 2.75) is 33.0 Å². The fourth-order valence-electron chi connectivity index (χ4n) is 3.78. The molecule has 0 saturated carbocycles. The predicted octanol–water partition coefficient (Wildman–Crippen LogP) is 2.49. The van der Waals surface area contributed by atoms with Crippen LogP contribution in [0.4, 0.5) is 11.6 Å². The van der Waals surface area contributed by atoms with Gasteiger partial charge in [-0.3, -0.25) is 0 Å². The summed E-state index contributed by atoms with van der Waals surface area (Å²) in [6, 6.07) is 10.6. The molecule has 0 radical (unpaired) electrons. The largest absolute Gasteiger partial charge is 0.353 e. The zero-order valence-electron chi connectivity index (χ0n) is 17.2. The van der Waals surface area contributed by atoms with Crippen LogP contribution in [0.2, 0.25) is 0 Å². The summed E-state index contributed by atoms with van der Waals surface area (Å²) >= 11 is 0. The highest BCUT2D eigenvalue weighted by Gasteiger charge is 2.21. The van der Waals surface area contributed by atoms with Crippen LogP contribution in [0.5, 0.6) is 0 Å². The summed E-state index contributed by atoms with van der Waals surface area (Å²) in [5, 5.41) is 3.64. The molecule has 1 atom stereocenters. The molecule has 4 heterocycles. The number of anilines is 2. The van der Waals surface area contributed by atoms with Crippen LogP contribution in [0.15, 0.2) is 55.1 Å². The Kier molecular flexibility index (Phi) is 6.05. The molecule has 0 unspecified atom stereocenters. The number of pyridine rings is 2. The number of hydrogen-bond acceptors (Lipinski definition) is 6. The number of rotatable bonds is 7. The van der Waals surface area contributed by atoms with Gasteiger partial charge in [-0.15, -0.1) is 0 Å². The fourth-order valence-corrected chi connectivity index (χ4v) is 3.78. The molecule has 29 heavy (non-hydrogen) atoms. The summed E-state index contributed by atoms with van der Waals surface area (Å²) in [6.07, 6.45) is 7.63. The van der Waals surface area contributed by atoms with E-state index in [1.807, 2.05) is 49.9 Å². The van der Waals surface area contributed by atoms with Gasteiger partial charge in [-0.05, 0) is 32.0 Å². The lowest BCUT2D eigenvalue weighted by atomic mass is 10.2. The Bertz CT molecular complexity index is 900. The third kappa shape index (κ3) is 4.74. The summed E-state index contributed by atoms with van der Waals surface area (Å²) in [5.74, 6) is 3.19. The Morgan fingerprint density at radius 2 is 1.72 bits per heavy atom. The number of hydrogen-bond donors (Lipinski definition) is 1. The smallest absolute Gasteiger partial charge is 0.133 e. The number of imidazole rings is 1. The first-order chi connectivity index (χ1) is 14.2. The first-order valence-corrected chi connectivity index (χ1v) is 10.3. The maximum Gasteiger partial charge on any atom is 0.133 e. The Labute approximate surface area is 172 Å². The zero-order valence-corrected chi connectivity index (χ0v) is 17.2. The van der Waals surface area contributed by atoms with Gasteiger partial charge >= 0.3 is 0 Å². The highest BCUT2D eigenvalue weighted by Crippen LogP contribution is 2.21. The molecule has 1 N–H and O–H groups in total. The standard InChI is InChI=1S/C22H29N7/c1-18(17-29-11-10-23-19(29)2)26-16-20-6-5-9-25-22(20)28-14-12-27(13-15-28)21-7-3-4-8-24-21/h3-11,18,26H,12-17H2,1-2H3/t18-/m1/s1. The van der Waals surface area contributed by atoms with Gasteiger partial charge in [0.05, 0.1) is 0 Å². The molecule has 3 aromatic rings. The van der Waals surface area contributed by atoms with Gasteiger partial charge < -0.3 is 19.7 Å². The molecule has 1 aliphatic heterocycles. The summed E-state index contributed by atoms with van der Waals surface area (Å²) in [5.41, 5.74) is 1.24. The molecule has 0 aromatic carbocycles. The van der Waals surface area contributed by atoms with E-state index in [2.05, 4.69) is 48.7 Å². The molecule has 0 amide bonds. The molecule has 7 nitrogen and oxygen atoms in total. The molecular formula is C22H29N7. The minimum absolute atomic E-state index is 0.344. The minimum atomic E-state index is 0.344. The van der Waals surface area contributed by atoms with Crippen molar-refractivity contribution in [1.82, 2.24) is 24.8 Å². The van der Waals surface area contributed by atoms with Crippen molar-refractivity contribution in [2.24, 2.45) is 0 Å². The lowest BCUT2D eigenvalue weighted by Crippen LogP contribution is -2.47. The van der Waals surface area contributed by atoms with E-state index in [1.54, 1.807) is 0 Å². The van der Waals surface area contributed by atoms with E-state index < -0.39 is 0 Å². The second-order valence-electron chi connectivity index (χ2n) is 7.56. The van der Waals surface area contributed by atoms with E-state index in [4.69, 9.17) is 4.98 Å². The van der Waals surface area contributed by atoms with Crippen LogP contribution >= 0.6 is 0 Å². The normalized spacial score (nSPS) is 15.5. The van der Waals surface area contributed by atoms with Crippen LogP contribution in [-0.4, -0.2) is 51.7 Å². The molecule has 1 saturated heterocycles. The molecule has 0 aliphatic carbocycles. The number of nitrogens with one attached hydrogen (secondary N) is 1.